The summed E-state index contributed by atoms with van der Waals surface area (Å²) in [6.45, 7) is 0. The fraction of sp³-hybridized carbons (Fsp3) is 0.350. The van der Waals surface area contributed by atoms with Crippen LogP contribution in [0.3, 0.4) is 0 Å². The van der Waals surface area contributed by atoms with E-state index in [-0.39, 0.29) is 11.9 Å². The molecule has 3 nitrogen and oxygen atoms in total. The zero-order valence-electron chi connectivity index (χ0n) is 13.4. The van der Waals surface area contributed by atoms with Gasteiger partial charge in [0.15, 0.2) is 5.72 Å². The number of amides is 1. The Morgan fingerprint density at radius 3 is 2.38 bits per heavy atom. The van der Waals surface area contributed by atoms with Crippen LogP contribution in [0.25, 0.3) is 0 Å². The van der Waals surface area contributed by atoms with Gasteiger partial charge in [0.05, 0.1) is 0 Å². The van der Waals surface area contributed by atoms with Gasteiger partial charge in [-0.1, -0.05) is 61.2 Å². The van der Waals surface area contributed by atoms with E-state index in [4.69, 9.17) is 11.6 Å². The largest absolute Gasteiger partial charge is 0.363 e. The molecular formula is C20H20ClNO2. The van der Waals surface area contributed by atoms with E-state index in [0.717, 1.165) is 25.7 Å². The molecule has 2 aromatic rings. The minimum atomic E-state index is -1.42. The van der Waals surface area contributed by atoms with Gasteiger partial charge in [-0.25, -0.2) is 0 Å². The van der Waals surface area contributed by atoms with Gasteiger partial charge in [-0.3, -0.25) is 9.69 Å². The average Bonchev–Trinajstić information content (AvgIpc) is 2.85. The summed E-state index contributed by atoms with van der Waals surface area (Å²) in [6, 6.07) is 14.6. The van der Waals surface area contributed by atoms with Crippen LogP contribution in [0.1, 0.15) is 53.6 Å². The van der Waals surface area contributed by atoms with Gasteiger partial charge in [0.1, 0.15) is 0 Å². The maximum atomic E-state index is 13.1. The molecule has 1 N–H and O–H groups in total. The second-order valence-corrected chi connectivity index (χ2v) is 7.13. The third-order valence-electron chi connectivity index (χ3n) is 5.29. The quantitative estimate of drug-likeness (QED) is 0.883. The third kappa shape index (κ3) is 2.27. The van der Waals surface area contributed by atoms with Crippen molar-refractivity contribution in [3.05, 3.63) is 70.2 Å². The number of hydrogen-bond acceptors (Lipinski definition) is 2. The highest BCUT2D eigenvalue weighted by Crippen LogP contribution is 2.45. The number of carbonyl (C=O) groups is 1. The van der Waals surface area contributed by atoms with Gasteiger partial charge >= 0.3 is 0 Å². The molecule has 0 aromatic heterocycles. The van der Waals surface area contributed by atoms with Crippen molar-refractivity contribution in [2.75, 3.05) is 0 Å². The summed E-state index contributed by atoms with van der Waals surface area (Å²) >= 11 is 6.02. The third-order valence-corrected chi connectivity index (χ3v) is 5.54. The Kier molecular flexibility index (Phi) is 3.86. The van der Waals surface area contributed by atoms with Crippen molar-refractivity contribution in [2.45, 2.75) is 43.9 Å². The van der Waals surface area contributed by atoms with Crippen LogP contribution in [0.4, 0.5) is 0 Å². The van der Waals surface area contributed by atoms with Gasteiger partial charge < -0.3 is 5.11 Å². The molecule has 0 spiro atoms. The fourth-order valence-corrected chi connectivity index (χ4v) is 4.25. The Bertz CT molecular complexity index is 767. The van der Waals surface area contributed by atoms with E-state index in [1.54, 1.807) is 23.1 Å². The van der Waals surface area contributed by atoms with Crippen LogP contribution in [0.5, 0.6) is 0 Å². The average molecular weight is 342 g/mol. The Morgan fingerprint density at radius 2 is 1.67 bits per heavy atom. The van der Waals surface area contributed by atoms with Crippen LogP contribution in [0.2, 0.25) is 5.02 Å². The lowest BCUT2D eigenvalue weighted by atomic mass is 9.89. The molecule has 124 valence electrons. The Labute approximate surface area is 146 Å². The highest BCUT2D eigenvalue weighted by atomic mass is 35.5. The molecule has 4 heteroatoms. The fourth-order valence-electron chi connectivity index (χ4n) is 4.13. The molecule has 1 aliphatic carbocycles. The van der Waals surface area contributed by atoms with Gasteiger partial charge in [-0.2, -0.15) is 0 Å². The van der Waals surface area contributed by atoms with Crippen LogP contribution in [0, 0.1) is 0 Å². The predicted octanol–water partition coefficient (Wildman–Crippen LogP) is 4.32. The molecule has 1 atom stereocenters. The first kappa shape index (κ1) is 15.7. The van der Waals surface area contributed by atoms with Crippen molar-refractivity contribution in [3.63, 3.8) is 0 Å². The number of carbonyl (C=O) groups excluding carboxylic acids is 1. The summed E-state index contributed by atoms with van der Waals surface area (Å²) in [6.07, 6.45) is 5.28. The van der Waals surface area contributed by atoms with Gasteiger partial charge in [-0.05, 0) is 31.0 Å². The highest BCUT2D eigenvalue weighted by molar-refractivity contribution is 6.30. The number of fused-ring (bicyclic) bond motifs is 1. The molecular weight excluding hydrogens is 322 g/mol. The Hall–Kier alpha value is -1.84. The summed E-state index contributed by atoms with van der Waals surface area (Å²) in [5.74, 6) is -0.0741. The van der Waals surface area contributed by atoms with Crippen molar-refractivity contribution in [1.82, 2.24) is 4.90 Å². The first-order chi connectivity index (χ1) is 11.6. The van der Waals surface area contributed by atoms with E-state index in [1.165, 1.54) is 6.42 Å². The minimum Gasteiger partial charge on any atom is -0.363 e. The maximum Gasteiger partial charge on any atom is 0.257 e. The van der Waals surface area contributed by atoms with Crippen LogP contribution in [-0.2, 0) is 5.72 Å². The molecule has 1 saturated carbocycles. The molecule has 4 rings (SSSR count). The van der Waals surface area contributed by atoms with Crippen LogP contribution < -0.4 is 0 Å². The lowest BCUT2D eigenvalue weighted by Gasteiger charge is -2.41. The number of hydrogen-bond donors (Lipinski definition) is 1. The molecule has 0 bridgehead atoms. The van der Waals surface area contributed by atoms with E-state index in [2.05, 4.69) is 0 Å². The predicted molar refractivity (Wildman–Crippen MR) is 93.9 cm³/mol. The first-order valence-electron chi connectivity index (χ1n) is 8.54. The molecule has 0 unspecified atom stereocenters. The summed E-state index contributed by atoms with van der Waals surface area (Å²) in [5, 5.41) is 12.4. The lowest BCUT2D eigenvalue weighted by Crippen LogP contribution is -2.51. The molecule has 1 amide bonds. The summed E-state index contributed by atoms with van der Waals surface area (Å²) < 4.78 is 0. The number of rotatable bonds is 2. The van der Waals surface area contributed by atoms with Crippen LogP contribution in [0.15, 0.2) is 48.5 Å². The normalized spacial score (nSPS) is 24.2. The van der Waals surface area contributed by atoms with Gasteiger partial charge in [-0.15, -0.1) is 0 Å². The van der Waals surface area contributed by atoms with Gasteiger partial charge in [0.2, 0.25) is 0 Å². The lowest BCUT2D eigenvalue weighted by molar-refractivity contribution is -0.0756. The van der Waals surface area contributed by atoms with Crippen molar-refractivity contribution in [2.24, 2.45) is 0 Å². The molecule has 1 heterocycles. The topological polar surface area (TPSA) is 40.5 Å². The van der Waals surface area contributed by atoms with Crippen LogP contribution in [-0.4, -0.2) is 22.0 Å². The molecule has 1 aliphatic heterocycles. The zero-order valence-corrected chi connectivity index (χ0v) is 14.2. The molecule has 0 saturated heterocycles. The number of benzene rings is 2. The van der Waals surface area contributed by atoms with E-state index >= 15 is 0 Å². The summed E-state index contributed by atoms with van der Waals surface area (Å²) in [7, 11) is 0. The Morgan fingerprint density at radius 1 is 1.00 bits per heavy atom. The molecule has 1 fully saturated rings. The standard InChI is InChI=1S/C20H20ClNO2/c21-15-12-10-14(11-13-15)20(24)18-9-5-4-8-17(18)19(23)22(20)16-6-2-1-3-7-16/h4-5,8-13,16,24H,1-3,6-7H2/t20-/m1/s1. The van der Waals surface area contributed by atoms with Crippen LogP contribution >= 0.6 is 11.6 Å². The van der Waals surface area contributed by atoms with E-state index < -0.39 is 5.72 Å². The summed E-state index contributed by atoms with van der Waals surface area (Å²) in [4.78, 5) is 14.8. The number of halogens is 1. The van der Waals surface area contributed by atoms with Crippen molar-refractivity contribution < 1.29 is 9.90 Å². The smallest absolute Gasteiger partial charge is 0.257 e. The molecule has 2 aromatic carbocycles. The molecule has 0 radical (unpaired) electrons. The second kappa shape index (κ2) is 5.91. The van der Waals surface area contributed by atoms with Crippen molar-refractivity contribution in [1.29, 1.82) is 0 Å². The first-order valence-corrected chi connectivity index (χ1v) is 8.92. The zero-order chi connectivity index (χ0) is 16.7. The van der Waals surface area contributed by atoms with Gasteiger partial charge in [0.25, 0.3) is 5.91 Å². The van der Waals surface area contributed by atoms with Gasteiger partial charge in [0, 0.05) is 27.8 Å². The van der Waals surface area contributed by atoms with E-state index in [1.807, 2.05) is 30.3 Å². The van der Waals surface area contributed by atoms with Crippen molar-refractivity contribution >= 4 is 17.5 Å². The summed E-state index contributed by atoms with van der Waals surface area (Å²) in [5.41, 5.74) is 0.541. The number of nitrogens with zero attached hydrogens (tertiary/aromatic N) is 1. The van der Waals surface area contributed by atoms with E-state index in [9.17, 15) is 9.90 Å². The SMILES string of the molecule is O=C1c2ccccc2[C@](O)(c2ccc(Cl)cc2)N1C1CCCCC1. The minimum absolute atomic E-state index is 0.0688. The van der Waals surface area contributed by atoms with Crippen molar-refractivity contribution in [3.8, 4) is 0 Å². The molecule has 24 heavy (non-hydrogen) atoms. The van der Waals surface area contributed by atoms with E-state index in [0.29, 0.717) is 21.7 Å². The second-order valence-electron chi connectivity index (χ2n) is 6.69. The molecule has 2 aliphatic rings. The monoisotopic (exact) mass is 341 g/mol. The number of aliphatic hydroxyl groups is 1. The highest BCUT2D eigenvalue weighted by Gasteiger charge is 2.52. The Balaban J connectivity index is 1.88. The maximum absolute atomic E-state index is 13.1.